The quantitative estimate of drug-likeness (QED) is 0.534. The Morgan fingerprint density at radius 3 is 2.58 bits per heavy atom. The SMILES string of the molecule is CCOC(=O)c1c(NC(=O)CCc2cc(S(=O)(=O)N(C)C)ccc2OC)sc2c1CCCC2. The van der Waals surface area contributed by atoms with E-state index in [9.17, 15) is 18.0 Å². The Labute approximate surface area is 198 Å². The first-order valence-corrected chi connectivity index (χ1v) is 13.2. The minimum Gasteiger partial charge on any atom is -0.496 e. The van der Waals surface area contributed by atoms with E-state index in [-0.39, 0.29) is 30.3 Å². The van der Waals surface area contributed by atoms with Gasteiger partial charge in [0.1, 0.15) is 10.8 Å². The van der Waals surface area contributed by atoms with Crippen LogP contribution in [-0.4, -0.2) is 52.4 Å². The molecular weight excluding hydrogens is 464 g/mol. The van der Waals surface area contributed by atoms with Crippen molar-refractivity contribution < 1.29 is 27.5 Å². The van der Waals surface area contributed by atoms with Gasteiger partial charge in [-0.05, 0) is 68.4 Å². The van der Waals surface area contributed by atoms with Gasteiger partial charge in [-0.15, -0.1) is 11.3 Å². The number of thiophene rings is 1. The van der Waals surface area contributed by atoms with Crippen LogP contribution in [0.15, 0.2) is 23.1 Å². The number of carbonyl (C=O) groups is 2. The Kier molecular flexibility index (Phi) is 8.14. The van der Waals surface area contributed by atoms with Gasteiger partial charge in [-0.2, -0.15) is 0 Å². The van der Waals surface area contributed by atoms with E-state index in [0.29, 0.717) is 21.9 Å². The molecule has 8 nitrogen and oxygen atoms in total. The Morgan fingerprint density at radius 2 is 1.91 bits per heavy atom. The molecule has 1 aromatic carbocycles. The summed E-state index contributed by atoms with van der Waals surface area (Å²) in [6.45, 7) is 2.02. The molecule has 0 saturated heterocycles. The van der Waals surface area contributed by atoms with Gasteiger partial charge >= 0.3 is 5.97 Å². The Bertz CT molecular complexity index is 1140. The third-order valence-electron chi connectivity index (χ3n) is 5.56. The first kappa shape index (κ1) is 25.2. The van der Waals surface area contributed by atoms with Crippen LogP contribution in [0.1, 0.15) is 52.5 Å². The number of esters is 1. The molecule has 0 aliphatic heterocycles. The highest BCUT2D eigenvalue weighted by molar-refractivity contribution is 7.89. The Balaban J connectivity index is 1.79. The number of aryl methyl sites for hydroxylation is 2. The van der Waals surface area contributed by atoms with Crippen LogP contribution in [0, 0.1) is 0 Å². The minimum atomic E-state index is -3.61. The van der Waals surface area contributed by atoms with Crippen molar-refractivity contribution in [2.24, 2.45) is 0 Å². The van der Waals surface area contributed by atoms with Crippen LogP contribution in [-0.2, 0) is 38.8 Å². The zero-order valence-electron chi connectivity index (χ0n) is 19.4. The molecule has 3 rings (SSSR count). The summed E-state index contributed by atoms with van der Waals surface area (Å²) in [7, 11) is 0.828. The van der Waals surface area contributed by atoms with Crippen molar-refractivity contribution in [1.82, 2.24) is 4.31 Å². The summed E-state index contributed by atoms with van der Waals surface area (Å²) < 4.78 is 36.7. The second-order valence-corrected chi connectivity index (χ2v) is 11.2. The number of rotatable bonds is 9. The van der Waals surface area contributed by atoms with E-state index in [0.717, 1.165) is 40.4 Å². The van der Waals surface area contributed by atoms with Gasteiger partial charge in [0.2, 0.25) is 15.9 Å². The molecule has 0 bridgehead atoms. The number of amides is 1. The molecule has 0 radical (unpaired) electrons. The fraction of sp³-hybridized carbons (Fsp3) is 0.478. The molecule has 1 heterocycles. The lowest BCUT2D eigenvalue weighted by Gasteiger charge is -2.14. The number of ether oxygens (including phenoxy) is 2. The van der Waals surface area contributed by atoms with Crippen molar-refractivity contribution in [2.45, 2.75) is 50.3 Å². The molecule has 180 valence electrons. The van der Waals surface area contributed by atoms with Gasteiger partial charge in [0.15, 0.2) is 0 Å². The molecule has 1 amide bonds. The largest absolute Gasteiger partial charge is 0.496 e. The van der Waals surface area contributed by atoms with Crippen LogP contribution in [0.4, 0.5) is 5.00 Å². The van der Waals surface area contributed by atoms with Crippen LogP contribution < -0.4 is 10.1 Å². The Hall–Kier alpha value is -2.43. The van der Waals surface area contributed by atoms with Crippen molar-refractivity contribution in [3.8, 4) is 5.75 Å². The molecule has 0 fully saturated rings. The molecule has 0 unspecified atom stereocenters. The first-order chi connectivity index (χ1) is 15.7. The lowest BCUT2D eigenvalue weighted by Crippen LogP contribution is -2.22. The molecule has 10 heteroatoms. The lowest BCUT2D eigenvalue weighted by molar-refractivity contribution is -0.116. The third kappa shape index (κ3) is 5.56. The summed E-state index contributed by atoms with van der Waals surface area (Å²) in [6.07, 6.45) is 4.16. The highest BCUT2D eigenvalue weighted by Gasteiger charge is 2.27. The summed E-state index contributed by atoms with van der Waals surface area (Å²) in [5, 5.41) is 3.42. The van der Waals surface area contributed by atoms with Gasteiger partial charge in [0.05, 0.1) is 24.2 Å². The van der Waals surface area contributed by atoms with E-state index in [2.05, 4.69) is 5.32 Å². The van der Waals surface area contributed by atoms with Gasteiger partial charge in [-0.25, -0.2) is 17.5 Å². The third-order valence-corrected chi connectivity index (χ3v) is 8.57. The van der Waals surface area contributed by atoms with Crippen molar-refractivity contribution in [3.63, 3.8) is 0 Å². The number of nitrogens with zero attached hydrogens (tertiary/aromatic N) is 1. The zero-order chi connectivity index (χ0) is 24.2. The summed E-state index contributed by atoms with van der Waals surface area (Å²) in [5.41, 5.74) is 2.08. The standard InChI is InChI=1S/C23H30N2O6S2/c1-5-31-23(27)21-17-8-6-7-9-19(17)32-22(21)24-20(26)13-10-15-14-16(11-12-18(15)30-4)33(28,29)25(2)3/h11-12,14H,5-10,13H2,1-4H3,(H,24,26). The minimum absolute atomic E-state index is 0.104. The van der Waals surface area contributed by atoms with Crippen LogP contribution in [0.2, 0.25) is 0 Å². The summed E-state index contributed by atoms with van der Waals surface area (Å²) >= 11 is 1.44. The number of carbonyl (C=O) groups excluding carboxylic acids is 2. The number of hydrogen-bond acceptors (Lipinski definition) is 7. The van der Waals surface area contributed by atoms with E-state index >= 15 is 0 Å². The average Bonchev–Trinajstić information content (AvgIpc) is 3.15. The van der Waals surface area contributed by atoms with Crippen molar-refractivity contribution >= 4 is 38.2 Å². The van der Waals surface area contributed by atoms with Crippen molar-refractivity contribution in [3.05, 3.63) is 39.8 Å². The predicted octanol–water partition coefficient (Wildman–Crippen LogP) is 3.63. The van der Waals surface area contributed by atoms with Crippen molar-refractivity contribution in [2.75, 3.05) is 33.1 Å². The van der Waals surface area contributed by atoms with Crippen LogP contribution in [0.3, 0.4) is 0 Å². The second kappa shape index (κ2) is 10.7. The molecule has 0 saturated carbocycles. The monoisotopic (exact) mass is 494 g/mol. The maximum Gasteiger partial charge on any atom is 0.341 e. The van der Waals surface area contributed by atoms with Crippen LogP contribution in [0.25, 0.3) is 0 Å². The number of fused-ring (bicyclic) bond motifs is 1. The normalized spacial score (nSPS) is 13.5. The van der Waals surface area contributed by atoms with E-state index in [1.54, 1.807) is 13.0 Å². The Morgan fingerprint density at radius 1 is 1.18 bits per heavy atom. The van der Waals surface area contributed by atoms with Gasteiger partial charge in [0.25, 0.3) is 0 Å². The average molecular weight is 495 g/mol. The van der Waals surface area contributed by atoms with E-state index < -0.39 is 16.0 Å². The first-order valence-electron chi connectivity index (χ1n) is 10.9. The maximum atomic E-state index is 12.8. The number of benzene rings is 1. The molecule has 1 aliphatic rings. The molecule has 1 N–H and O–H groups in total. The number of methoxy groups -OCH3 is 1. The van der Waals surface area contributed by atoms with E-state index in [1.807, 2.05) is 0 Å². The highest BCUT2D eigenvalue weighted by Crippen LogP contribution is 2.38. The predicted molar refractivity (Wildman–Crippen MR) is 128 cm³/mol. The molecule has 0 atom stereocenters. The topological polar surface area (TPSA) is 102 Å². The maximum absolute atomic E-state index is 12.8. The van der Waals surface area contributed by atoms with E-state index in [1.165, 1.54) is 44.7 Å². The molecular formula is C23H30N2O6S2. The highest BCUT2D eigenvalue weighted by atomic mass is 32.2. The number of sulfonamides is 1. The molecule has 2 aromatic rings. The van der Waals surface area contributed by atoms with Gasteiger partial charge in [0, 0.05) is 25.4 Å². The fourth-order valence-corrected chi connectivity index (χ4v) is 6.08. The molecule has 1 aliphatic carbocycles. The van der Waals surface area contributed by atoms with Gasteiger partial charge < -0.3 is 14.8 Å². The second-order valence-electron chi connectivity index (χ2n) is 7.94. The number of nitrogens with one attached hydrogen (secondary N) is 1. The zero-order valence-corrected chi connectivity index (χ0v) is 21.0. The van der Waals surface area contributed by atoms with Gasteiger partial charge in [-0.1, -0.05) is 0 Å². The van der Waals surface area contributed by atoms with E-state index in [4.69, 9.17) is 9.47 Å². The fourth-order valence-electron chi connectivity index (χ4n) is 3.83. The lowest BCUT2D eigenvalue weighted by atomic mass is 9.95. The van der Waals surface area contributed by atoms with Crippen LogP contribution >= 0.6 is 11.3 Å². The number of anilines is 1. The smallest absolute Gasteiger partial charge is 0.341 e. The van der Waals surface area contributed by atoms with Crippen molar-refractivity contribution in [1.29, 1.82) is 0 Å². The summed E-state index contributed by atoms with van der Waals surface area (Å²) in [6, 6.07) is 4.62. The van der Waals surface area contributed by atoms with Crippen LogP contribution in [0.5, 0.6) is 5.75 Å². The summed E-state index contributed by atoms with van der Waals surface area (Å²) in [5.74, 6) is -0.156. The molecule has 0 spiro atoms. The molecule has 1 aromatic heterocycles. The molecule has 33 heavy (non-hydrogen) atoms. The van der Waals surface area contributed by atoms with Gasteiger partial charge in [-0.3, -0.25) is 4.79 Å². The number of hydrogen-bond donors (Lipinski definition) is 1. The summed E-state index contributed by atoms with van der Waals surface area (Å²) in [4.78, 5) is 26.6.